The minimum atomic E-state index is -0.983. The monoisotopic (exact) mass is 423 g/mol. The van der Waals surface area contributed by atoms with Gasteiger partial charge in [-0.1, -0.05) is 32.0 Å². The predicted molar refractivity (Wildman–Crippen MR) is 118 cm³/mol. The van der Waals surface area contributed by atoms with Gasteiger partial charge in [0.25, 0.3) is 0 Å². The number of para-hydroxylation sites is 1. The van der Waals surface area contributed by atoms with Crippen LogP contribution >= 0.6 is 0 Å². The summed E-state index contributed by atoms with van der Waals surface area (Å²) in [6.07, 6.45) is 3.55. The highest BCUT2D eigenvalue weighted by Crippen LogP contribution is 2.34. The maximum absolute atomic E-state index is 13.9. The quantitative estimate of drug-likeness (QED) is 0.338. The average molecular weight is 423 g/mol. The molecule has 0 saturated heterocycles. The molecule has 160 valence electrons. The molecule has 0 saturated carbocycles. The van der Waals surface area contributed by atoms with Gasteiger partial charge in [-0.15, -0.1) is 0 Å². The van der Waals surface area contributed by atoms with Crippen molar-refractivity contribution >= 4 is 28.2 Å². The first-order chi connectivity index (χ1) is 15.0. The molecule has 0 unspecified atom stereocenters. The van der Waals surface area contributed by atoms with E-state index in [9.17, 15) is 14.5 Å². The van der Waals surface area contributed by atoms with Crippen LogP contribution in [0, 0.1) is 15.9 Å². The molecule has 0 amide bonds. The van der Waals surface area contributed by atoms with Crippen LogP contribution in [-0.2, 0) is 7.05 Å². The molecule has 4 aromatic rings. The Hall–Kier alpha value is -4.01. The van der Waals surface area contributed by atoms with Gasteiger partial charge in [0.2, 0.25) is 11.8 Å². The van der Waals surface area contributed by atoms with Crippen LogP contribution in [0.3, 0.4) is 0 Å². The Kier molecular flexibility index (Phi) is 6.44. The zero-order valence-corrected chi connectivity index (χ0v) is 17.6. The number of halogens is 1. The number of methoxy groups -OCH3 is 1. The van der Waals surface area contributed by atoms with E-state index in [2.05, 4.69) is 15.3 Å². The lowest BCUT2D eigenvalue weighted by Gasteiger charge is -2.11. The minimum absolute atomic E-state index is 0.104. The third kappa shape index (κ3) is 4.30. The van der Waals surface area contributed by atoms with Crippen molar-refractivity contribution in [1.29, 1.82) is 0 Å². The van der Waals surface area contributed by atoms with Crippen molar-refractivity contribution in [2.45, 2.75) is 13.8 Å². The Balaban J connectivity index is 0.00000132. The van der Waals surface area contributed by atoms with Crippen LogP contribution < -0.4 is 10.1 Å². The maximum atomic E-state index is 13.9. The molecule has 0 spiro atoms. The number of fused-ring (bicyclic) bond motifs is 1. The van der Waals surface area contributed by atoms with Gasteiger partial charge in [0.1, 0.15) is 5.75 Å². The van der Waals surface area contributed by atoms with Crippen LogP contribution in [0.5, 0.6) is 5.75 Å². The Morgan fingerprint density at radius 2 is 1.94 bits per heavy atom. The number of nitro groups is 1. The third-order valence-corrected chi connectivity index (χ3v) is 4.54. The van der Waals surface area contributed by atoms with Crippen molar-refractivity contribution < 1.29 is 14.1 Å². The average Bonchev–Trinajstić information content (AvgIpc) is 3.13. The first-order valence-corrected chi connectivity index (χ1v) is 9.64. The number of hydrogen-bond acceptors (Lipinski definition) is 6. The summed E-state index contributed by atoms with van der Waals surface area (Å²) in [5, 5.41) is 15.0. The van der Waals surface area contributed by atoms with Crippen LogP contribution in [0.1, 0.15) is 13.8 Å². The lowest BCUT2D eigenvalue weighted by Crippen LogP contribution is -2.02. The third-order valence-electron chi connectivity index (χ3n) is 4.54. The maximum Gasteiger partial charge on any atom is 0.307 e. The lowest BCUT2D eigenvalue weighted by molar-refractivity contribution is -0.387. The van der Waals surface area contributed by atoms with Crippen LogP contribution in [0.4, 0.5) is 21.7 Å². The van der Waals surface area contributed by atoms with Gasteiger partial charge in [-0.3, -0.25) is 10.1 Å². The number of nitrogens with zero attached hydrogens (tertiary/aromatic N) is 4. The van der Waals surface area contributed by atoms with Gasteiger partial charge in [0, 0.05) is 48.0 Å². The normalized spacial score (nSPS) is 10.4. The van der Waals surface area contributed by atoms with Gasteiger partial charge in [-0.2, -0.15) is 4.39 Å². The van der Waals surface area contributed by atoms with Crippen LogP contribution in [0.15, 0.2) is 54.9 Å². The number of aromatic nitrogens is 3. The number of anilines is 2. The van der Waals surface area contributed by atoms with E-state index < -0.39 is 16.4 Å². The number of benzene rings is 2. The van der Waals surface area contributed by atoms with Gasteiger partial charge >= 0.3 is 5.69 Å². The molecule has 2 heterocycles. The van der Waals surface area contributed by atoms with Gasteiger partial charge in [-0.05, 0) is 12.1 Å². The van der Waals surface area contributed by atoms with E-state index in [-0.39, 0.29) is 17.4 Å². The second-order valence-electron chi connectivity index (χ2n) is 6.32. The Labute approximate surface area is 178 Å². The van der Waals surface area contributed by atoms with Crippen LogP contribution in [0.2, 0.25) is 0 Å². The zero-order valence-electron chi connectivity index (χ0n) is 17.6. The number of nitro benzene ring substituents is 1. The molecule has 0 aliphatic heterocycles. The topological polar surface area (TPSA) is 95.1 Å². The van der Waals surface area contributed by atoms with E-state index in [0.717, 1.165) is 28.6 Å². The Bertz CT molecular complexity index is 1240. The standard InChI is InChI=1S/C20H16FN5O3.C2H6/c1-25-11-13(12-5-3-4-6-17(12)25)15-7-8-22-20(23-15)24-16-10-18(26(27)28)14(21)9-19(16)29-2;1-2/h3-11H,1-2H3,(H,22,23,24);1-2H3. The Morgan fingerprint density at radius 1 is 1.19 bits per heavy atom. The number of aryl methyl sites for hydroxylation is 1. The lowest BCUT2D eigenvalue weighted by atomic mass is 10.1. The molecule has 1 N–H and O–H groups in total. The van der Waals surface area contributed by atoms with Crippen molar-refractivity contribution in [3.8, 4) is 17.0 Å². The molecular formula is C22H22FN5O3. The minimum Gasteiger partial charge on any atom is -0.494 e. The van der Waals surface area contributed by atoms with Crippen molar-refractivity contribution in [2.75, 3.05) is 12.4 Å². The summed E-state index contributed by atoms with van der Waals surface area (Å²) in [4.78, 5) is 18.9. The molecular weight excluding hydrogens is 401 g/mol. The van der Waals surface area contributed by atoms with Crippen LogP contribution in [0.25, 0.3) is 22.2 Å². The molecule has 31 heavy (non-hydrogen) atoms. The van der Waals surface area contributed by atoms with Gasteiger partial charge in [0.05, 0.1) is 23.4 Å². The zero-order chi connectivity index (χ0) is 22.5. The fourth-order valence-corrected chi connectivity index (χ4v) is 3.19. The van der Waals surface area contributed by atoms with E-state index in [0.29, 0.717) is 5.69 Å². The first-order valence-electron chi connectivity index (χ1n) is 9.64. The number of nitrogens with one attached hydrogen (secondary N) is 1. The second-order valence-corrected chi connectivity index (χ2v) is 6.32. The second kappa shape index (κ2) is 9.21. The molecule has 0 bridgehead atoms. The highest BCUT2D eigenvalue weighted by Gasteiger charge is 2.20. The van der Waals surface area contributed by atoms with Crippen molar-refractivity contribution in [3.05, 3.63) is 70.8 Å². The van der Waals surface area contributed by atoms with E-state index in [1.807, 2.05) is 55.9 Å². The number of hydrogen-bond donors (Lipinski definition) is 1. The summed E-state index contributed by atoms with van der Waals surface area (Å²) in [5.74, 6) is -0.676. The number of rotatable bonds is 5. The van der Waals surface area contributed by atoms with Crippen LogP contribution in [-0.4, -0.2) is 26.6 Å². The summed E-state index contributed by atoms with van der Waals surface area (Å²) in [6.45, 7) is 4.00. The van der Waals surface area contributed by atoms with E-state index in [1.165, 1.54) is 7.11 Å². The molecule has 4 rings (SSSR count). The number of ether oxygens (including phenoxy) is 1. The molecule has 8 nitrogen and oxygen atoms in total. The Morgan fingerprint density at radius 3 is 2.65 bits per heavy atom. The fraction of sp³-hybridized carbons (Fsp3) is 0.182. The first kappa shape index (κ1) is 21.7. The summed E-state index contributed by atoms with van der Waals surface area (Å²) < 4.78 is 21.0. The highest BCUT2D eigenvalue weighted by molar-refractivity contribution is 5.95. The van der Waals surface area contributed by atoms with Gasteiger partial charge in [0.15, 0.2) is 0 Å². The molecule has 0 fully saturated rings. The summed E-state index contributed by atoms with van der Waals surface area (Å²) in [5.41, 5.74) is 2.18. The smallest absolute Gasteiger partial charge is 0.307 e. The molecule has 2 aromatic carbocycles. The molecule has 0 aliphatic rings. The predicted octanol–water partition coefficient (Wildman–Crippen LogP) is 5.46. The molecule has 9 heteroatoms. The highest BCUT2D eigenvalue weighted by atomic mass is 19.1. The largest absolute Gasteiger partial charge is 0.494 e. The summed E-state index contributed by atoms with van der Waals surface area (Å²) in [7, 11) is 3.30. The SMILES string of the molecule is CC.COc1cc(F)c([N+](=O)[O-])cc1Nc1nccc(-c2cn(C)c3ccccc23)n1. The van der Waals surface area contributed by atoms with E-state index >= 15 is 0 Å². The fourth-order valence-electron chi connectivity index (χ4n) is 3.19. The van der Waals surface area contributed by atoms with Crippen molar-refractivity contribution in [2.24, 2.45) is 7.05 Å². The molecule has 0 radical (unpaired) electrons. The van der Waals surface area contributed by atoms with Gasteiger partial charge in [-0.25, -0.2) is 9.97 Å². The molecule has 0 aliphatic carbocycles. The molecule has 2 aromatic heterocycles. The van der Waals surface area contributed by atoms with E-state index in [1.54, 1.807) is 12.3 Å². The van der Waals surface area contributed by atoms with Crippen molar-refractivity contribution in [1.82, 2.24) is 14.5 Å². The van der Waals surface area contributed by atoms with Gasteiger partial charge < -0.3 is 14.6 Å². The summed E-state index contributed by atoms with van der Waals surface area (Å²) >= 11 is 0. The van der Waals surface area contributed by atoms with E-state index in [4.69, 9.17) is 4.74 Å². The molecule has 0 atom stereocenters. The van der Waals surface area contributed by atoms with Crippen molar-refractivity contribution in [3.63, 3.8) is 0 Å². The summed E-state index contributed by atoms with van der Waals surface area (Å²) in [6, 6.07) is 11.7.